The lowest BCUT2D eigenvalue weighted by Gasteiger charge is -2.19. The molecule has 2 aromatic carbocycles. The van der Waals surface area contributed by atoms with Gasteiger partial charge in [0.1, 0.15) is 11.5 Å². The minimum Gasteiger partial charge on any atom is -0.457 e. The highest BCUT2D eigenvalue weighted by atomic mass is 16.5. The number of aliphatic hydroxyl groups excluding tert-OH is 1. The number of ether oxygens (including phenoxy) is 1. The van der Waals surface area contributed by atoms with Crippen LogP contribution in [0.3, 0.4) is 0 Å². The van der Waals surface area contributed by atoms with E-state index in [1.54, 1.807) is 6.92 Å². The van der Waals surface area contributed by atoms with Crippen molar-refractivity contribution in [3.63, 3.8) is 0 Å². The Hall–Kier alpha value is -1.80. The van der Waals surface area contributed by atoms with Gasteiger partial charge in [-0.1, -0.05) is 45.0 Å². The molecule has 1 atom stereocenters. The van der Waals surface area contributed by atoms with E-state index in [1.165, 1.54) is 5.56 Å². The molecule has 0 spiro atoms. The third-order valence-corrected chi connectivity index (χ3v) is 3.32. The van der Waals surface area contributed by atoms with Gasteiger partial charge < -0.3 is 9.84 Å². The van der Waals surface area contributed by atoms with Crippen molar-refractivity contribution in [1.82, 2.24) is 0 Å². The molecule has 0 aliphatic carbocycles. The fourth-order valence-electron chi connectivity index (χ4n) is 1.97. The summed E-state index contributed by atoms with van der Waals surface area (Å²) in [6.45, 7) is 8.33. The molecule has 0 fully saturated rings. The molecule has 0 aromatic heterocycles. The number of rotatable bonds is 3. The van der Waals surface area contributed by atoms with E-state index >= 15 is 0 Å². The van der Waals surface area contributed by atoms with Gasteiger partial charge in [0.15, 0.2) is 0 Å². The first kappa shape index (κ1) is 14.6. The number of aliphatic hydroxyl groups is 1. The summed E-state index contributed by atoms with van der Waals surface area (Å²) < 4.78 is 5.80. The van der Waals surface area contributed by atoms with Crippen LogP contribution in [0.15, 0.2) is 48.5 Å². The van der Waals surface area contributed by atoms with Crippen molar-refractivity contribution in [2.45, 2.75) is 39.2 Å². The maximum Gasteiger partial charge on any atom is 0.127 e. The summed E-state index contributed by atoms with van der Waals surface area (Å²) in [5.41, 5.74) is 2.33. The standard InChI is InChI=1S/C18H22O2/c1-13(19)14-5-9-16(10-6-14)20-17-11-7-15(8-12-17)18(2,3)4/h5-13,19H,1-4H3/t13-/m1/s1. The van der Waals surface area contributed by atoms with Gasteiger partial charge in [-0.3, -0.25) is 0 Å². The third-order valence-electron chi connectivity index (χ3n) is 3.32. The smallest absolute Gasteiger partial charge is 0.127 e. The highest BCUT2D eigenvalue weighted by molar-refractivity contribution is 5.36. The first-order valence-corrected chi connectivity index (χ1v) is 6.93. The van der Waals surface area contributed by atoms with Gasteiger partial charge in [-0.15, -0.1) is 0 Å². The summed E-state index contributed by atoms with van der Waals surface area (Å²) in [6, 6.07) is 15.7. The molecular weight excluding hydrogens is 248 g/mol. The van der Waals surface area contributed by atoms with Crippen LogP contribution in [0, 0.1) is 0 Å². The molecule has 0 amide bonds. The maximum atomic E-state index is 9.47. The highest BCUT2D eigenvalue weighted by Crippen LogP contribution is 2.27. The molecule has 106 valence electrons. The summed E-state index contributed by atoms with van der Waals surface area (Å²) in [5, 5.41) is 9.47. The summed E-state index contributed by atoms with van der Waals surface area (Å²) in [6.07, 6.45) is -0.449. The van der Waals surface area contributed by atoms with E-state index in [4.69, 9.17) is 4.74 Å². The predicted molar refractivity (Wildman–Crippen MR) is 82.3 cm³/mol. The Morgan fingerprint density at radius 2 is 1.30 bits per heavy atom. The molecule has 20 heavy (non-hydrogen) atoms. The van der Waals surface area contributed by atoms with Crippen molar-refractivity contribution in [1.29, 1.82) is 0 Å². The lowest BCUT2D eigenvalue weighted by molar-refractivity contribution is 0.199. The van der Waals surface area contributed by atoms with Crippen molar-refractivity contribution in [2.75, 3.05) is 0 Å². The summed E-state index contributed by atoms with van der Waals surface area (Å²) >= 11 is 0. The lowest BCUT2D eigenvalue weighted by atomic mass is 9.87. The van der Waals surface area contributed by atoms with Crippen LogP contribution in [0.2, 0.25) is 0 Å². The normalized spacial score (nSPS) is 13.1. The number of hydrogen-bond acceptors (Lipinski definition) is 2. The number of hydrogen-bond donors (Lipinski definition) is 1. The largest absolute Gasteiger partial charge is 0.457 e. The van der Waals surface area contributed by atoms with Crippen molar-refractivity contribution in [3.05, 3.63) is 59.7 Å². The Balaban J connectivity index is 2.10. The van der Waals surface area contributed by atoms with Crippen LogP contribution in [0.1, 0.15) is 44.9 Å². The average molecular weight is 270 g/mol. The maximum absolute atomic E-state index is 9.47. The van der Waals surface area contributed by atoms with Gasteiger partial charge in [0, 0.05) is 0 Å². The molecule has 0 saturated carbocycles. The molecular formula is C18H22O2. The van der Waals surface area contributed by atoms with E-state index in [9.17, 15) is 5.11 Å². The van der Waals surface area contributed by atoms with E-state index in [0.717, 1.165) is 17.1 Å². The van der Waals surface area contributed by atoms with E-state index in [1.807, 2.05) is 36.4 Å². The van der Waals surface area contributed by atoms with Gasteiger partial charge in [-0.2, -0.15) is 0 Å². The van der Waals surface area contributed by atoms with Gasteiger partial charge in [0.05, 0.1) is 6.10 Å². The first-order chi connectivity index (χ1) is 9.36. The van der Waals surface area contributed by atoms with Gasteiger partial charge in [0.2, 0.25) is 0 Å². The molecule has 1 N–H and O–H groups in total. The van der Waals surface area contributed by atoms with Crippen molar-refractivity contribution < 1.29 is 9.84 Å². The van der Waals surface area contributed by atoms with Crippen LogP contribution in [0.5, 0.6) is 11.5 Å². The SMILES string of the molecule is C[C@@H](O)c1ccc(Oc2ccc(C(C)(C)C)cc2)cc1. The van der Waals surface area contributed by atoms with Gasteiger partial charge in [-0.05, 0) is 47.7 Å². The monoisotopic (exact) mass is 270 g/mol. The Kier molecular flexibility index (Phi) is 4.15. The second-order valence-corrected chi connectivity index (χ2v) is 6.12. The molecule has 0 radical (unpaired) electrons. The quantitative estimate of drug-likeness (QED) is 0.865. The molecule has 0 saturated heterocycles. The molecule has 2 rings (SSSR count). The van der Waals surface area contributed by atoms with E-state index < -0.39 is 6.10 Å². The van der Waals surface area contributed by atoms with Crippen molar-refractivity contribution >= 4 is 0 Å². The first-order valence-electron chi connectivity index (χ1n) is 6.93. The topological polar surface area (TPSA) is 29.5 Å². The predicted octanol–water partition coefficient (Wildman–Crippen LogP) is 4.83. The van der Waals surface area contributed by atoms with Gasteiger partial charge in [-0.25, -0.2) is 0 Å². The van der Waals surface area contributed by atoms with Crippen LogP contribution in [0.4, 0.5) is 0 Å². The fourth-order valence-corrected chi connectivity index (χ4v) is 1.97. The minimum absolute atomic E-state index is 0.150. The number of benzene rings is 2. The Bertz CT molecular complexity index is 545. The van der Waals surface area contributed by atoms with Crippen molar-refractivity contribution in [3.8, 4) is 11.5 Å². The second-order valence-electron chi connectivity index (χ2n) is 6.12. The molecule has 2 nitrogen and oxygen atoms in total. The molecule has 2 aromatic rings. The van der Waals surface area contributed by atoms with Crippen LogP contribution in [-0.4, -0.2) is 5.11 Å². The molecule has 0 unspecified atom stereocenters. The molecule has 0 aliphatic heterocycles. The van der Waals surface area contributed by atoms with E-state index in [0.29, 0.717) is 0 Å². The van der Waals surface area contributed by atoms with Gasteiger partial charge in [0.25, 0.3) is 0 Å². The summed E-state index contributed by atoms with van der Waals surface area (Å²) in [4.78, 5) is 0. The molecule has 0 heterocycles. The molecule has 2 heteroatoms. The van der Waals surface area contributed by atoms with E-state index in [2.05, 4.69) is 32.9 Å². The Labute approximate surface area is 121 Å². The van der Waals surface area contributed by atoms with Crippen molar-refractivity contribution in [2.24, 2.45) is 0 Å². The Morgan fingerprint density at radius 1 is 0.850 bits per heavy atom. The van der Waals surface area contributed by atoms with Gasteiger partial charge >= 0.3 is 0 Å². The van der Waals surface area contributed by atoms with Crippen LogP contribution >= 0.6 is 0 Å². The third kappa shape index (κ3) is 3.61. The van der Waals surface area contributed by atoms with Crippen LogP contribution < -0.4 is 4.74 Å². The van der Waals surface area contributed by atoms with E-state index in [-0.39, 0.29) is 5.41 Å². The molecule has 0 bridgehead atoms. The lowest BCUT2D eigenvalue weighted by Crippen LogP contribution is -2.10. The summed E-state index contributed by atoms with van der Waals surface area (Å²) in [7, 11) is 0. The zero-order valence-corrected chi connectivity index (χ0v) is 12.6. The second kappa shape index (κ2) is 5.68. The average Bonchev–Trinajstić information content (AvgIpc) is 2.39. The zero-order chi connectivity index (χ0) is 14.8. The fraction of sp³-hybridized carbons (Fsp3) is 0.333. The minimum atomic E-state index is -0.449. The molecule has 0 aliphatic rings. The Morgan fingerprint density at radius 3 is 1.70 bits per heavy atom. The van der Waals surface area contributed by atoms with Crippen LogP contribution in [-0.2, 0) is 5.41 Å². The summed E-state index contributed by atoms with van der Waals surface area (Å²) in [5.74, 6) is 1.60. The zero-order valence-electron chi connectivity index (χ0n) is 12.6. The highest BCUT2D eigenvalue weighted by Gasteiger charge is 2.13. The van der Waals surface area contributed by atoms with Crippen LogP contribution in [0.25, 0.3) is 0 Å².